The number of benzene rings is 2. The molecule has 0 radical (unpaired) electrons. The van der Waals surface area contributed by atoms with Crippen LogP contribution in [-0.4, -0.2) is 37.6 Å². The van der Waals surface area contributed by atoms with Crippen LogP contribution in [0.15, 0.2) is 59.5 Å². The van der Waals surface area contributed by atoms with Gasteiger partial charge in [-0.05, 0) is 48.9 Å². The molecule has 1 amide bonds. The lowest BCUT2D eigenvalue weighted by atomic mass is 9.92. The van der Waals surface area contributed by atoms with Crippen LogP contribution < -0.4 is 5.73 Å². The number of carbonyl (C=O) groups excluding carboxylic acids is 1. The van der Waals surface area contributed by atoms with E-state index in [-0.39, 0.29) is 5.91 Å². The van der Waals surface area contributed by atoms with Gasteiger partial charge in [-0.15, -0.1) is 0 Å². The van der Waals surface area contributed by atoms with E-state index in [2.05, 4.69) is 0 Å². The average Bonchev–Trinajstić information content (AvgIpc) is 3.56. The molecule has 1 saturated heterocycles. The summed E-state index contributed by atoms with van der Waals surface area (Å²) in [6.45, 7) is 1.49. The van der Waals surface area contributed by atoms with Crippen molar-refractivity contribution < 1.29 is 13.2 Å². The van der Waals surface area contributed by atoms with Gasteiger partial charge in [0.15, 0.2) is 9.84 Å². The maximum absolute atomic E-state index is 13.2. The summed E-state index contributed by atoms with van der Waals surface area (Å²) in [5, 5.41) is -0.419. The molecule has 0 spiro atoms. The van der Waals surface area contributed by atoms with Crippen LogP contribution in [-0.2, 0) is 26.6 Å². The van der Waals surface area contributed by atoms with E-state index in [0.717, 1.165) is 24.0 Å². The summed E-state index contributed by atoms with van der Waals surface area (Å²) in [4.78, 5) is 15.5. The van der Waals surface area contributed by atoms with Crippen LogP contribution in [0.1, 0.15) is 36.8 Å². The van der Waals surface area contributed by atoms with Gasteiger partial charge in [-0.25, -0.2) is 8.42 Å². The van der Waals surface area contributed by atoms with Crippen LogP contribution in [0, 0.1) is 0 Å². The second kappa shape index (κ2) is 7.33. The van der Waals surface area contributed by atoms with Gasteiger partial charge >= 0.3 is 0 Å². The Bertz CT molecular complexity index is 943. The maximum Gasteiger partial charge on any atom is 0.233 e. The minimum Gasteiger partial charge on any atom is -0.342 e. The van der Waals surface area contributed by atoms with Crippen molar-refractivity contribution in [2.24, 2.45) is 5.73 Å². The number of likely N-dealkylation sites (tertiary alicyclic amines) is 1. The van der Waals surface area contributed by atoms with Crippen molar-refractivity contribution in [1.82, 2.24) is 4.90 Å². The molecular formula is C22H26N2O3S. The molecule has 1 aliphatic carbocycles. The third kappa shape index (κ3) is 3.35. The number of amides is 1. The smallest absolute Gasteiger partial charge is 0.233 e. The average molecular weight is 399 g/mol. The molecule has 0 bridgehead atoms. The third-order valence-electron chi connectivity index (χ3n) is 6.14. The first-order chi connectivity index (χ1) is 13.5. The largest absolute Gasteiger partial charge is 0.342 e. The predicted molar refractivity (Wildman–Crippen MR) is 108 cm³/mol. The summed E-state index contributed by atoms with van der Waals surface area (Å²) in [5.74, 6) is 0.142. The molecule has 0 aromatic heterocycles. The molecule has 1 aliphatic heterocycles. The standard InChI is InChI=1S/C22H26N2O3S/c23-16-17-6-8-18(9-7-17)22(12-13-22)21(25)24-14-10-20(11-15-24)28(26,27)19-4-2-1-3-5-19/h1-9,20H,10-16,23H2. The normalized spacial score (nSPS) is 19.4. The summed E-state index contributed by atoms with van der Waals surface area (Å²) >= 11 is 0. The first kappa shape index (κ1) is 19.2. The number of rotatable bonds is 5. The summed E-state index contributed by atoms with van der Waals surface area (Å²) in [6.07, 6.45) is 2.70. The Morgan fingerprint density at radius 2 is 1.61 bits per heavy atom. The van der Waals surface area contributed by atoms with Crippen molar-refractivity contribution in [2.45, 2.75) is 47.8 Å². The molecule has 1 saturated carbocycles. The molecule has 2 fully saturated rings. The van der Waals surface area contributed by atoms with Gasteiger partial charge in [0.05, 0.1) is 15.6 Å². The summed E-state index contributed by atoms with van der Waals surface area (Å²) in [5.41, 5.74) is 7.35. The third-order valence-corrected chi connectivity index (χ3v) is 8.42. The Morgan fingerprint density at radius 1 is 1.00 bits per heavy atom. The Labute approximate surface area is 166 Å². The molecule has 2 aromatic carbocycles. The van der Waals surface area contributed by atoms with Crippen LogP contribution in [0.25, 0.3) is 0 Å². The lowest BCUT2D eigenvalue weighted by Crippen LogP contribution is -2.46. The van der Waals surface area contributed by atoms with Gasteiger partial charge in [0, 0.05) is 19.6 Å². The molecule has 28 heavy (non-hydrogen) atoms. The van der Waals surface area contributed by atoms with Gasteiger partial charge in [-0.1, -0.05) is 42.5 Å². The number of nitrogens with two attached hydrogens (primary N) is 1. The van der Waals surface area contributed by atoms with Gasteiger partial charge in [-0.2, -0.15) is 0 Å². The summed E-state index contributed by atoms with van der Waals surface area (Å²) < 4.78 is 25.7. The van der Waals surface area contributed by atoms with Gasteiger partial charge in [0.1, 0.15) is 0 Å². The van der Waals surface area contributed by atoms with E-state index in [4.69, 9.17) is 5.73 Å². The lowest BCUT2D eigenvalue weighted by molar-refractivity contribution is -0.134. The van der Waals surface area contributed by atoms with Crippen LogP contribution >= 0.6 is 0 Å². The number of sulfone groups is 1. The van der Waals surface area contributed by atoms with Crippen LogP contribution in [0.5, 0.6) is 0 Å². The number of hydrogen-bond acceptors (Lipinski definition) is 4. The van der Waals surface area contributed by atoms with E-state index in [1.807, 2.05) is 35.2 Å². The van der Waals surface area contributed by atoms with Crippen LogP contribution in [0.3, 0.4) is 0 Å². The zero-order valence-corrected chi connectivity index (χ0v) is 16.7. The highest BCUT2D eigenvalue weighted by molar-refractivity contribution is 7.92. The Morgan fingerprint density at radius 3 is 2.14 bits per heavy atom. The first-order valence-electron chi connectivity index (χ1n) is 9.85. The first-order valence-corrected chi connectivity index (χ1v) is 11.4. The van der Waals surface area contributed by atoms with E-state index >= 15 is 0 Å². The van der Waals surface area contributed by atoms with Crippen molar-refractivity contribution in [1.29, 1.82) is 0 Å². The molecular weight excluding hydrogens is 372 g/mol. The monoisotopic (exact) mass is 398 g/mol. The second-order valence-electron chi connectivity index (χ2n) is 7.83. The highest BCUT2D eigenvalue weighted by atomic mass is 32.2. The number of hydrogen-bond donors (Lipinski definition) is 1. The van der Waals surface area contributed by atoms with Crippen molar-refractivity contribution >= 4 is 15.7 Å². The Balaban J connectivity index is 1.44. The van der Waals surface area contributed by atoms with E-state index in [1.165, 1.54) is 0 Å². The van der Waals surface area contributed by atoms with E-state index in [0.29, 0.717) is 37.4 Å². The molecule has 2 aromatic rings. The highest BCUT2D eigenvalue weighted by Crippen LogP contribution is 2.50. The molecule has 2 N–H and O–H groups in total. The molecule has 148 valence electrons. The Kier molecular flexibility index (Phi) is 5.02. The molecule has 2 aliphatic rings. The zero-order valence-electron chi connectivity index (χ0n) is 15.9. The molecule has 1 heterocycles. The van der Waals surface area contributed by atoms with Gasteiger partial charge in [-0.3, -0.25) is 4.79 Å². The zero-order chi connectivity index (χ0) is 19.8. The topological polar surface area (TPSA) is 80.5 Å². The predicted octanol–water partition coefficient (Wildman–Crippen LogP) is 2.64. The van der Waals surface area contributed by atoms with Crippen LogP contribution in [0.4, 0.5) is 0 Å². The Hall–Kier alpha value is -2.18. The number of piperidine rings is 1. The molecule has 5 nitrogen and oxygen atoms in total. The number of carbonyl (C=O) groups is 1. The quantitative estimate of drug-likeness (QED) is 0.840. The molecule has 6 heteroatoms. The summed E-state index contributed by atoms with van der Waals surface area (Å²) in [6, 6.07) is 16.6. The van der Waals surface area contributed by atoms with Crippen molar-refractivity contribution in [3.63, 3.8) is 0 Å². The van der Waals surface area contributed by atoms with Crippen molar-refractivity contribution in [3.05, 3.63) is 65.7 Å². The molecule has 4 rings (SSSR count). The molecule has 0 unspecified atom stereocenters. The van der Waals surface area contributed by atoms with E-state index < -0.39 is 20.5 Å². The lowest BCUT2D eigenvalue weighted by Gasteiger charge is -2.34. The van der Waals surface area contributed by atoms with Crippen molar-refractivity contribution in [3.8, 4) is 0 Å². The SMILES string of the molecule is NCc1ccc(C2(C(=O)N3CCC(S(=O)(=O)c4ccccc4)CC3)CC2)cc1. The minimum atomic E-state index is -3.34. The fraction of sp³-hybridized carbons (Fsp3) is 0.409. The minimum absolute atomic E-state index is 0.142. The second-order valence-corrected chi connectivity index (χ2v) is 10.1. The van der Waals surface area contributed by atoms with Gasteiger partial charge < -0.3 is 10.6 Å². The maximum atomic E-state index is 13.2. The van der Waals surface area contributed by atoms with E-state index in [1.54, 1.807) is 24.3 Å². The highest BCUT2D eigenvalue weighted by Gasteiger charge is 2.53. The molecule has 0 atom stereocenters. The van der Waals surface area contributed by atoms with Crippen molar-refractivity contribution in [2.75, 3.05) is 13.1 Å². The summed E-state index contributed by atoms with van der Waals surface area (Å²) in [7, 11) is -3.34. The number of nitrogens with zero attached hydrogens (tertiary/aromatic N) is 1. The van der Waals surface area contributed by atoms with Crippen LogP contribution in [0.2, 0.25) is 0 Å². The van der Waals surface area contributed by atoms with Gasteiger partial charge in [0.2, 0.25) is 5.91 Å². The fourth-order valence-electron chi connectivity index (χ4n) is 4.19. The van der Waals surface area contributed by atoms with Gasteiger partial charge in [0.25, 0.3) is 0 Å². The van der Waals surface area contributed by atoms with E-state index in [9.17, 15) is 13.2 Å². The fourth-order valence-corrected chi connectivity index (χ4v) is 5.94.